The van der Waals surface area contributed by atoms with E-state index in [1.54, 1.807) is 25.3 Å². The highest BCUT2D eigenvalue weighted by Crippen LogP contribution is 2.24. The average molecular weight is 235 g/mol. The van der Waals surface area contributed by atoms with Crippen molar-refractivity contribution in [2.24, 2.45) is 0 Å². The molecule has 1 aromatic carbocycles. The third-order valence-electron chi connectivity index (χ3n) is 2.60. The molecule has 1 aromatic heterocycles. The van der Waals surface area contributed by atoms with Gasteiger partial charge in [-0.05, 0) is 30.7 Å². The molecule has 0 spiro atoms. The molecular formula is C13H11F2NO. The fraction of sp³-hybridized carbons (Fsp3) is 0.154. The first-order chi connectivity index (χ1) is 8.09. The van der Waals surface area contributed by atoms with Gasteiger partial charge in [0.25, 0.3) is 0 Å². The van der Waals surface area contributed by atoms with E-state index in [4.69, 9.17) is 0 Å². The number of nitrogens with zero attached hydrogens (tertiary/aromatic N) is 1. The van der Waals surface area contributed by atoms with Crippen LogP contribution in [0.4, 0.5) is 8.78 Å². The zero-order valence-electron chi connectivity index (χ0n) is 9.19. The summed E-state index contributed by atoms with van der Waals surface area (Å²) in [6.45, 7) is 1.75. The summed E-state index contributed by atoms with van der Waals surface area (Å²) in [6, 6.07) is 6.74. The molecule has 2 rings (SSSR count). The molecule has 1 unspecified atom stereocenters. The molecule has 1 N–H and O–H groups in total. The molecule has 2 nitrogen and oxygen atoms in total. The summed E-state index contributed by atoms with van der Waals surface area (Å²) < 4.78 is 25.8. The number of hydrogen-bond donors (Lipinski definition) is 1. The highest BCUT2D eigenvalue weighted by Gasteiger charge is 2.15. The summed E-state index contributed by atoms with van der Waals surface area (Å²) in [4.78, 5) is 4.04. The van der Waals surface area contributed by atoms with Gasteiger partial charge in [-0.3, -0.25) is 4.98 Å². The topological polar surface area (TPSA) is 33.1 Å². The minimum Gasteiger partial charge on any atom is -0.384 e. The Kier molecular flexibility index (Phi) is 3.15. The monoisotopic (exact) mass is 235 g/mol. The third kappa shape index (κ3) is 2.31. The largest absolute Gasteiger partial charge is 0.384 e. The van der Waals surface area contributed by atoms with Crippen LogP contribution >= 0.6 is 0 Å². The van der Waals surface area contributed by atoms with Crippen LogP contribution in [-0.4, -0.2) is 10.1 Å². The second-order valence-electron chi connectivity index (χ2n) is 3.75. The molecule has 17 heavy (non-hydrogen) atoms. The number of aryl methyl sites for hydroxylation is 1. The van der Waals surface area contributed by atoms with E-state index < -0.39 is 17.7 Å². The molecule has 1 heterocycles. The second-order valence-corrected chi connectivity index (χ2v) is 3.75. The average Bonchev–Trinajstić information content (AvgIpc) is 2.32. The van der Waals surface area contributed by atoms with E-state index in [0.717, 1.165) is 12.1 Å². The lowest BCUT2D eigenvalue weighted by Crippen LogP contribution is -2.04. The van der Waals surface area contributed by atoms with Gasteiger partial charge in [0.05, 0.1) is 0 Å². The Hall–Kier alpha value is -1.81. The smallest absolute Gasteiger partial charge is 0.159 e. The van der Waals surface area contributed by atoms with Crippen molar-refractivity contribution >= 4 is 0 Å². The van der Waals surface area contributed by atoms with Gasteiger partial charge in [-0.1, -0.05) is 12.1 Å². The molecule has 1 atom stereocenters. The predicted octanol–water partition coefficient (Wildman–Crippen LogP) is 2.75. The number of aromatic nitrogens is 1. The molecule has 0 saturated carbocycles. The molecule has 0 amide bonds. The molecule has 0 bridgehead atoms. The zero-order chi connectivity index (χ0) is 12.4. The van der Waals surface area contributed by atoms with Crippen LogP contribution in [0.5, 0.6) is 0 Å². The maximum absolute atomic E-state index is 13.1. The van der Waals surface area contributed by atoms with E-state index in [1.165, 1.54) is 6.07 Å². The van der Waals surface area contributed by atoms with E-state index in [2.05, 4.69) is 4.98 Å². The maximum Gasteiger partial charge on any atom is 0.159 e. The quantitative estimate of drug-likeness (QED) is 0.868. The molecule has 0 aliphatic rings. The van der Waals surface area contributed by atoms with Crippen molar-refractivity contribution in [1.82, 2.24) is 4.98 Å². The van der Waals surface area contributed by atoms with E-state index in [9.17, 15) is 13.9 Å². The number of aliphatic hydroxyl groups excluding tert-OH is 1. The van der Waals surface area contributed by atoms with Crippen molar-refractivity contribution in [2.45, 2.75) is 13.0 Å². The van der Waals surface area contributed by atoms with Crippen LogP contribution in [0.1, 0.15) is 22.9 Å². The number of pyridine rings is 1. The van der Waals surface area contributed by atoms with Gasteiger partial charge < -0.3 is 5.11 Å². The fourth-order valence-electron chi connectivity index (χ4n) is 1.65. The summed E-state index contributed by atoms with van der Waals surface area (Å²) in [5.41, 5.74) is 1.54. The van der Waals surface area contributed by atoms with Crippen LogP contribution in [0.2, 0.25) is 0 Å². The summed E-state index contributed by atoms with van der Waals surface area (Å²) in [7, 11) is 0. The van der Waals surface area contributed by atoms with Crippen LogP contribution in [0.15, 0.2) is 36.5 Å². The van der Waals surface area contributed by atoms with Crippen LogP contribution in [0.3, 0.4) is 0 Å². The highest BCUT2D eigenvalue weighted by molar-refractivity contribution is 5.32. The van der Waals surface area contributed by atoms with Gasteiger partial charge in [-0.15, -0.1) is 0 Å². The third-order valence-corrected chi connectivity index (χ3v) is 2.60. The summed E-state index contributed by atoms with van der Waals surface area (Å²) >= 11 is 0. The van der Waals surface area contributed by atoms with Crippen LogP contribution in [0, 0.1) is 18.6 Å². The second kappa shape index (κ2) is 4.59. The summed E-state index contributed by atoms with van der Waals surface area (Å²) in [5, 5.41) is 10.1. The Morgan fingerprint density at radius 3 is 2.59 bits per heavy atom. The molecule has 0 radical (unpaired) electrons. The lowest BCUT2D eigenvalue weighted by molar-refractivity contribution is 0.218. The molecule has 0 fully saturated rings. The van der Waals surface area contributed by atoms with Crippen molar-refractivity contribution in [3.63, 3.8) is 0 Å². The van der Waals surface area contributed by atoms with Crippen LogP contribution in [-0.2, 0) is 0 Å². The minimum atomic E-state index is -1.00. The highest BCUT2D eigenvalue weighted by atomic mass is 19.2. The Balaban J connectivity index is 2.40. The van der Waals surface area contributed by atoms with E-state index in [1.807, 2.05) is 0 Å². The first-order valence-corrected chi connectivity index (χ1v) is 5.14. The summed E-state index contributed by atoms with van der Waals surface area (Å²) in [5.74, 6) is -1.90. The first kappa shape index (κ1) is 11.7. The van der Waals surface area contributed by atoms with Crippen molar-refractivity contribution in [3.8, 4) is 0 Å². The van der Waals surface area contributed by atoms with Crippen molar-refractivity contribution in [2.75, 3.05) is 0 Å². The lowest BCUT2D eigenvalue weighted by atomic mass is 10.0. The van der Waals surface area contributed by atoms with Crippen LogP contribution in [0.25, 0.3) is 0 Å². The number of rotatable bonds is 2. The molecule has 4 heteroatoms. The standard InChI is InChI=1S/C13H11F2NO/c1-8-10(3-2-6-16-8)13(17)9-4-5-11(14)12(15)7-9/h2-7,13,17H,1H3. The molecule has 0 aliphatic carbocycles. The fourth-order valence-corrected chi connectivity index (χ4v) is 1.65. The van der Waals surface area contributed by atoms with Crippen molar-refractivity contribution < 1.29 is 13.9 Å². The Morgan fingerprint density at radius 1 is 1.18 bits per heavy atom. The Morgan fingerprint density at radius 2 is 1.94 bits per heavy atom. The van der Waals surface area contributed by atoms with Gasteiger partial charge in [-0.2, -0.15) is 0 Å². The minimum absolute atomic E-state index is 0.306. The van der Waals surface area contributed by atoms with E-state index in [-0.39, 0.29) is 0 Å². The first-order valence-electron chi connectivity index (χ1n) is 5.14. The maximum atomic E-state index is 13.1. The predicted molar refractivity (Wildman–Crippen MR) is 59.4 cm³/mol. The number of aliphatic hydroxyl groups is 1. The van der Waals surface area contributed by atoms with Gasteiger partial charge in [0, 0.05) is 17.5 Å². The molecule has 0 aliphatic heterocycles. The molecule has 2 aromatic rings. The van der Waals surface area contributed by atoms with Crippen molar-refractivity contribution in [3.05, 3.63) is 65.0 Å². The van der Waals surface area contributed by atoms with E-state index in [0.29, 0.717) is 16.8 Å². The zero-order valence-corrected chi connectivity index (χ0v) is 9.19. The van der Waals surface area contributed by atoms with Gasteiger partial charge in [0.2, 0.25) is 0 Å². The van der Waals surface area contributed by atoms with Gasteiger partial charge in [0.15, 0.2) is 11.6 Å². The summed E-state index contributed by atoms with van der Waals surface area (Å²) in [6.07, 6.45) is 0.607. The van der Waals surface area contributed by atoms with Gasteiger partial charge in [-0.25, -0.2) is 8.78 Å². The van der Waals surface area contributed by atoms with E-state index >= 15 is 0 Å². The van der Waals surface area contributed by atoms with Gasteiger partial charge >= 0.3 is 0 Å². The lowest BCUT2D eigenvalue weighted by Gasteiger charge is -2.13. The van der Waals surface area contributed by atoms with Crippen molar-refractivity contribution in [1.29, 1.82) is 0 Å². The molecule has 88 valence electrons. The van der Waals surface area contributed by atoms with Crippen LogP contribution < -0.4 is 0 Å². The number of halogens is 2. The molecular weight excluding hydrogens is 224 g/mol. The SMILES string of the molecule is Cc1ncccc1C(O)c1ccc(F)c(F)c1. The number of hydrogen-bond acceptors (Lipinski definition) is 2. The van der Waals surface area contributed by atoms with Gasteiger partial charge in [0.1, 0.15) is 6.10 Å². The molecule has 0 saturated heterocycles. The number of benzene rings is 1. The Bertz CT molecular complexity index is 543. The Labute approximate surface area is 97.6 Å². The normalized spacial score (nSPS) is 12.5.